The number of rotatable bonds is 8. The molecule has 4 nitrogen and oxygen atoms in total. The molecule has 1 aromatic rings. The molecule has 1 saturated heterocycles. The lowest BCUT2D eigenvalue weighted by atomic mass is 9.89. The Hall–Kier alpha value is -1.10. The number of carboxylic acids is 1. The van der Waals surface area contributed by atoms with Crippen LogP contribution in [0.5, 0.6) is 0 Å². The Labute approximate surface area is 185 Å². The number of hydrogen-bond donors (Lipinski definition) is 1. The van der Waals surface area contributed by atoms with Crippen LogP contribution in [0.15, 0.2) is 24.3 Å². The summed E-state index contributed by atoms with van der Waals surface area (Å²) in [7, 11) is 0. The van der Waals surface area contributed by atoms with Crippen LogP contribution in [0.25, 0.3) is 0 Å². The molecule has 3 atom stereocenters. The molecule has 1 heterocycles. The zero-order valence-electron chi connectivity index (χ0n) is 18.0. The molecule has 0 spiro atoms. The van der Waals surface area contributed by atoms with Crippen LogP contribution in [0.1, 0.15) is 82.3 Å². The van der Waals surface area contributed by atoms with Crippen molar-refractivity contribution in [3.8, 4) is 0 Å². The molecular formula is C25H36ClNO3. The van der Waals surface area contributed by atoms with Gasteiger partial charge in [0.05, 0.1) is 18.6 Å². The van der Waals surface area contributed by atoms with Gasteiger partial charge in [-0.05, 0) is 68.1 Å². The average molecular weight is 434 g/mol. The van der Waals surface area contributed by atoms with E-state index in [0.717, 1.165) is 43.3 Å². The van der Waals surface area contributed by atoms with E-state index in [9.17, 15) is 9.90 Å². The summed E-state index contributed by atoms with van der Waals surface area (Å²) in [5.41, 5.74) is 1.09. The predicted octanol–water partition coefficient (Wildman–Crippen LogP) is 6.09. The van der Waals surface area contributed by atoms with Crippen LogP contribution in [0.4, 0.5) is 0 Å². The Bertz CT molecular complexity index is 681. The standard InChI is InChI=1S/C25H36ClNO3/c26-21-11-5-10-20(14-21)25-23(13-12-22(30-25)15-24(28)29)27(16-18-6-1-2-7-18)17-19-8-3-4-9-19/h5,10-11,14,18-19,22-23,25H,1-4,6-9,12-13,15-17H2,(H,28,29)/t22-,23+,25-/m0/s1. The molecule has 3 fully saturated rings. The lowest BCUT2D eigenvalue weighted by Gasteiger charge is -2.44. The molecule has 3 aliphatic rings. The number of carbonyl (C=O) groups is 1. The van der Waals surface area contributed by atoms with Gasteiger partial charge in [0, 0.05) is 24.2 Å². The van der Waals surface area contributed by atoms with Crippen molar-refractivity contribution in [3.63, 3.8) is 0 Å². The Morgan fingerprint density at radius 2 is 1.63 bits per heavy atom. The van der Waals surface area contributed by atoms with E-state index in [2.05, 4.69) is 11.0 Å². The number of benzene rings is 1. The molecule has 2 saturated carbocycles. The Kier molecular flexibility index (Phi) is 7.72. The molecule has 0 radical (unpaired) electrons. The van der Waals surface area contributed by atoms with E-state index in [1.807, 2.05) is 18.2 Å². The number of nitrogens with zero attached hydrogens (tertiary/aromatic N) is 1. The summed E-state index contributed by atoms with van der Waals surface area (Å²) >= 11 is 6.32. The van der Waals surface area contributed by atoms with Crippen LogP contribution < -0.4 is 0 Å². The Morgan fingerprint density at radius 1 is 1.00 bits per heavy atom. The van der Waals surface area contributed by atoms with Crippen molar-refractivity contribution < 1.29 is 14.6 Å². The molecule has 2 aliphatic carbocycles. The molecular weight excluding hydrogens is 398 g/mol. The van der Waals surface area contributed by atoms with E-state index in [0.29, 0.717) is 11.1 Å². The van der Waals surface area contributed by atoms with Gasteiger partial charge in [0.2, 0.25) is 0 Å². The fourth-order valence-corrected chi connectivity index (χ4v) is 6.17. The third kappa shape index (κ3) is 5.77. The van der Waals surface area contributed by atoms with Crippen LogP contribution >= 0.6 is 11.6 Å². The van der Waals surface area contributed by atoms with Gasteiger partial charge in [0.1, 0.15) is 0 Å². The molecule has 0 amide bonds. The maximum atomic E-state index is 11.3. The van der Waals surface area contributed by atoms with E-state index >= 15 is 0 Å². The monoisotopic (exact) mass is 433 g/mol. The Balaban J connectivity index is 1.57. The van der Waals surface area contributed by atoms with Gasteiger partial charge < -0.3 is 9.84 Å². The quantitative estimate of drug-likeness (QED) is 0.539. The van der Waals surface area contributed by atoms with Gasteiger partial charge in [-0.2, -0.15) is 0 Å². The summed E-state index contributed by atoms with van der Waals surface area (Å²) in [6.45, 7) is 2.32. The van der Waals surface area contributed by atoms with Gasteiger partial charge in [-0.3, -0.25) is 9.69 Å². The third-order valence-corrected chi connectivity index (χ3v) is 7.69. The van der Waals surface area contributed by atoms with E-state index < -0.39 is 5.97 Å². The van der Waals surface area contributed by atoms with Gasteiger partial charge in [0.25, 0.3) is 0 Å². The topological polar surface area (TPSA) is 49.8 Å². The number of aliphatic carboxylic acids is 1. The van der Waals surface area contributed by atoms with Crippen LogP contribution in [-0.2, 0) is 9.53 Å². The van der Waals surface area contributed by atoms with Crippen molar-refractivity contribution >= 4 is 17.6 Å². The summed E-state index contributed by atoms with van der Waals surface area (Å²) in [6, 6.07) is 8.28. The maximum Gasteiger partial charge on any atom is 0.305 e. The molecule has 30 heavy (non-hydrogen) atoms. The zero-order valence-corrected chi connectivity index (χ0v) is 18.7. The first-order valence-corrected chi connectivity index (χ1v) is 12.3. The van der Waals surface area contributed by atoms with E-state index in [1.54, 1.807) is 0 Å². The second-order valence-corrected chi connectivity index (χ2v) is 10.2. The zero-order chi connectivity index (χ0) is 20.9. The molecule has 1 aromatic carbocycles. The second kappa shape index (κ2) is 10.5. The van der Waals surface area contributed by atoms with Gasteiger partial charge in [0.15, 0.2) is 0 Å². The van der Waals surface area contributed by atoms with Crippen molar-refractivity contribution in [2.24, 2.45) is 11.8 Å². The maximum absolute atomic E-state index is 11.3. The fraction of sp³-hybridized carbons (Fsp3) is 0.720. The van der Waals surface area contributed by atoms with E-state index in [-0.39, 0.29) is 18.6 Å². The van der Waals surface area contributed by atoms with Crippen LogP contribution in [0, 0.1) is 11.8 Å². The summed E-state index contributed by atoms with van der Waals surface area (Å²) in [6.07, 6.45) is 12.4. The van der Waals surface area contributed by atoms with Crippen molar-refractivity contribution in [1.29, 1.82) is 0 Å². The molecule has 0 aromatic heterocycles. The first-order chi connectivity index (χ1) is 14.6. The van der Waals surface area contributed by atoms with E-state index in [1.165, 1.54) is 51.4 Å². The second-order valence-electron chi connectivity index (χ2n) is 9.73. The van der Waals surface area contributed by atoms with Crippen molar-refractivity contribution in [2.75, 3.05) is 13.1 Å². The van der Waals surface area contributed by atoms with Gasteiger partial charge in [-0.25, -0.2) is 0 Å². The number of ether oxygens (including phenoxy) is 1. The molecule has 0 unspecified atom stereocenters. The van der Waals surface area contributed by atoms with Crippen molar-refractivity contribution in [3.05, 3.63) is 34.9 Å². The number of hydrogen-bond acceptors (Lipinski definition) is 3. The smallest absolute Gasteiger partial charge is 0.305 e. The van der Waals surface area contributed by atoms with Crippen molar-refractivity contribution in [2.45, 2.75) is 88.9 Å². The highest BCUT2D eigenvalue weighted by atomic mass is 35.5. The minimum absolute atomic E-state index is 0.0784. The van der Waals surface area contributed by atoms with Crippen LogP contribution in [-0.4, -0.2) is 41.2 Å². The summed E-state index contributed by atoms with van der Waals surface area (Å²) < 4.78 is 6.48. The Morgan fingerprint density at radius 3 is 2.20 bits per heavy atom. The van der Waals surface area contributed by atoms with E-state index in [4.69, 9.17) is 16.3 Å². The molecule has 1 N–H and O–H groups in total. The van der Waals surface area contributed by atoms with Crippen LogP contribution in [0.3, 0.4) is 0 Å². The highest BCUT2D eigenvalue weighted by molar-refractivity contribution is 6.30. The molecule has 0 bridgehead atoms. The summed E-state index contributed by atoms with van der Waals surface area (Å²) in [5, 5.41) is 10.0. The van der Waals surface area contributed by atoms with Gasteiger partial charge in [-0.15, -0.1) is 0 Å². The summed E-state index contributed by atoms with van der Waals surface area (Å²) in [4.78, 5) is 14.1. The minimum atomic E-state index is -0.780. The molecule has 1 aliphatic heterocycles. The van der Waals surface area contributed by atoms with Crippen LogP contribution in [0.2, 0.25) is 5.02 Å². The van der Waals surface area contributed by atoms with Gasteiger partial charge in [-0.1, -0.05) is 49.4 Å². The summed E-state index contributed by atoms with van der Waals surface area (Å²) in [5.74, 6) is 0.809. The first-order valence-electron chi connectivity index (χ1n) is 11.9. The molecule has 166 valence electrons. The molecule has 5 heteroatoms. The predicted molar refractivity (Wildman–Crippen MR) is 120 cm³/mol. The largest absolute Gasteiger partial charge is 0.481 e. The average Bonchev–Trinajstić information content (AvgIpc) is 3.41. The lowest BCUT2D eigenvalue weighted by molar-refractivity contribution is -0.148. The highest BCUT2D eigenvalue weighted by Crippen LogP contribution is 2.39. The number of halogens is 1. The first kappa shape index (κ1) is 22.1. The third-order valence-electron chi connectivity index (χ3n) is 7.46. The number of carboxylic acid groups (broad SMARTS) is 1. The molecule has 4 rings (SSSR count). The fourth-order valence-electron chi connectivity index (χ4n) is 5.97. The minimum Gasteiger partial charge on any atom is -0.481 e. The normalized spacial score (nSPS) is 28.4. The van der Waals surface area contributed by atoms with Gasteiger partial charge >= 0.3 is 5.97 Å². The SMILES string of the molecule is O=C(O)C[C@@H]1CC[C@@H](N(CC2CCCC2)CC2CCCC2)[C@H](c2cccc(Cl)c2)O1. The highest BCUT2D eigenvalue weighted by Gasteiger charge is 2.38. The lowest BCUT2D eigenvalue weighted by Crippen LogP contribution is -2.48. The van der Waals surface area contributed by atoms with Crippen molar-refractivity contribution in [1.82, 2.24) is 4.90 Å².